The molecule has 1 atom stereocenters. The van der Waals surface area contributed by atoms with Gasteiger partial charge in [0, 0.05) is 19.1 Å². The molecule has 0 aromatic heterocycles. The van der Waals surface area contributed by atoms with Gasteiger partial charge in [-0.15, -0.1) is 0 Å². The molecule has 6 nitrogen and oxygen atoms in total. The third kappa shape index (κ3) is 3.93. The molecule has 0 aromatic rings. The highest BCUT2D eigenvalue weighted by Gasteiger charge is 2.27. The largest absolute Gasteiger partial charge is 0.352 e. The zero-order valence-corrected chi connectivity index (χ0v) is 11.2. The molecule has 0 bridgehead atoms. The Morgan fingerprint density at radius 3 is 2.41 bits per heavy atom. The first-order valence-corrected chi connectivity index (χ1v) is 7.51. The molecule has 1 aliphatic rings. The number of hydrogen-bond donors (Lipinski definition) is 2. The maximum absolute atomic E-state index is 11.6. The summed E-state index contributed by atoms with van der Waals surface area (Å²) in [6.07, 6.45) is 1.30. The molecule has 17 heavy (non-hydrogen) atoms. The molecule has 7 heteroatoms. The van der Waals surface area contributed by atoms with Gasteiger partial charge in [-0.3, -0.25) is 4.79 Å². The lowest BCUT2D eigenvalue weighted by atomic mass is 10.1. The molecule has 1 saturated heterocycles. The second-order valence-electron chi connectivity index (χ2n) is 4.37. The second kappa shape index (κ2) is 5.79. The topological polar surface area (TPSA) is 92.5 Å². The summed E-state index contributed by atoms with van der Waals surface area (Å²) in [6, 6.07) is -0.482. The Morgan fingerprint density at radius 2 is 2.00 bits per heavy atom. The molecular formula is C10H21N3O3S. The number of rotatable bonds is 4. The molecule has 1 fully saturated rings. The number of nitrogens with two attached hydrogens (primary N) is 1. The molecule has 0 aliphatic carbocycles. The van der Waals surface area contributed by atoms with Crippen molar-refractivity contribution in [2.75, 3.05) is 18.8 Å². The van der Waals surface area contributed by atoms with Crippen LogP contribution in [-0.4, -0.2) is 49.6 Å². The van der Waals surface area contributed by atoms with Crippen LogP contribution >= 0.6 is 0 Å². The Balaban J connectivity index is 2.44. The van der Waals surface area contributed by atoms with E-state index in [2.05, 4.69) is 5.32 Å². The summed E-state index contributed by atoms with van der Waals surface area (Å²) >= 11 is 0. The lowest BCUT2D eigenvalue weighted by molar-refractivity contribution is -0.122. The Kier molecular flexibility index (Phi) is 4.91. The van der Waals surface area contributed by atoms with Crippen LogP contribution in [0.3, 0.4) is 0 Å². The number of carbonyl (C=O) groups is 1. The van der Waals surface area contributed by atoms with Crippen LogP contribution < -0.4 is 11.1 Å². The van der Waals surface area contributed by atoms with Crippen molar-refractivity contribution in [3.8, 4) is 0 Å². The smallest absolute Gasteiger partial charge is 0.236 e. The number of carbonyl (C=O) groups excluding carboxylic acids is 1. The summed E-state index contributed by atoms with van der Waals surface area (Å²) < 4.78 is 24.7. The van der Waals surface area contributed by atoms with Crippen LogP contribution in [0.2, 0.25) is 0 Å². The van der Waals surface area contributed by atoms with Crippen LogP contribution in [0.25, 0.3) is 0 Å². The van der Waals surface area contributed by atoms with Gasteiger partial charge in [-0.25, -0.2) is 12.7 Å². The van der Waals surface area contributed by atoms with Gasteiger partial charge in [0.15, 0.2) is 0 Å². The molecular weight excluding hydrogens is 242 g/mol. The van der Waals surface area contributed by atoms with Crippen LogP contribution in [0.4, 0.5) is 0 Å². The highest BCUT2D eigenvalue weighted by Crippen LogP contribution is 2.14. The predicted molar refractivity (Wildman–Crippen MR) is 65.8 cm³/mol. The number of nitrogens with zero attached hydrogens (tertiary/aromatic N) is 1. The highest BCUT2D eigenvalue weighted by molar-refractivity contribution is 7.89. The van der Waals surface area contributed by atoms with E-state index >= 15 is 0 Å². The Hall–Kier alpha value is -0.660. The van der Waals surface area contributed by atoms with Gasteiger partial charge in [-0.2, -0.15) is 0 Å². The summed E-state index contributed by atoms with van der Waals surface area (Å²) in [5, 5.41) is 2.82. The monoisotopic (exact) mass is 263 g/mol. The van der Waals surface area contributed by atoms with Gasteiger partial charge in [-0.05, 0) is 26.7 Å². The first-order valence-electron chi connectivity index (χ1n) is 5.90. The van der Waals surface area contributed by atoms with E-state index < -0.39 is 16.1 Å². The Morgan fingerprint density at radius 1 is 1.47 bits per heavy atom. The van der Waals surface area contributed by atoms with Gasteiger partial charge in [0.2, 0.25) is 15.9 Å². The van der Waals surface area contributed by atoms with Crippen molar-refractivity contribution in [3.63, 3.8) is 0 Å². The van der Waals surface area contributed by atoms with Crippen molar-refractivity contribution >= 4 is 15.9 Å². The maximum atomic E-state index is 11.6. The fourth-order valence-electron chi connectivity index (χ4n) is 1.79. The van der Waals surface area contributed by atoms with Crippen molar-refractivity contribution in [3.05, 3.63) is 0 Å². The van der Waals surface area contributed by atoms with Crippen LogP contribution in [0.15, 0.2) is 0 Å². The number of amides is 1. The van der Waals surface area contributed by atoms with E-state index in [9.17, 15) is 13.2 Å². The lowest BCUT2D eigenvalue weighted by Crippen LogP contribution is -2.50. The van der Waals surface area contributed by atoms with Gasteiger partial charge < -0.3 is 11.1 Å². The van der Waals surface area contributed by atoms with Gasteiger partial charge in [-0.1, -0.05) is 0 Å². The Labute approximate surface area is 103 Å². The molecule has 1 rings (SSSR count). The first-order chi connectivity index (χ1) is 7.86. The molecule has 0 saturated carbocycles. The molecule has 0 unspecified atom stereocenters. The van der Waals surface area contributed by atoms with E-state index in [4.69, 9.17) is 5.73 Å². The Bertz CT molecular complexity index is 359. The standard InChI is InChI=1S/C10H21N3O3S/c1-3-17(15,16)13-6-4-9(5-7-13)12-10(14)8(2)11/h8-9H,3-7,11H2,1-2H3,(H,12,14)/t8-/m0/s1. The van der Waals surface area contributed by atoms with E-state index in [0.29, 0.717) is 25.9 Å². The molecule has 0 aromatic carbocycles. The van der Waals surface area contributed by atoms with E-state index in [0.717, 1.165) is 0 Å². The van der Waals surface area contributed by atoms with E-state index in [1.807, 2.05) is 0 Å². The summed E-state index contributed by atoms with van der Waals surface area (Å²) in [5.74, 6) is -0.0501. The van der Waals surface area contributed by atoms with E-state index in [1.165, 1.54) is 4.31 Å². The van der Waals surface area contributed by atoms with Crippen molar-refractivity contribution in [1.82, 2.24) is 9.62 Å². The first kappa shape index (κ1) is 14.4. The summed E-state index contributed by atoms with van der Waals surface area (Å²) in [5.41, 5.74) is 5.45. The van der Waals surface area contributed by atoms with Crippen LogP contribution in [0.5, 0.6) is 0 Å². The van der Waals surface area contributed by atoms with E-state index in [-0.39, 0.29) is 17.7 Å². The summed E-state index contributed by atoms with van der Waals surface area (Å²) in [4.78, 5) is 11.4. The van der Waals surface area contributed by atoms with Crippen molar-refractivity contribution < 1.29 is 13.2 Å². The third-order valence-electron chi connectivity index (χ3n) is 2.97. The average molecular weight is 263 g/mol. The second-order valence-corrected chi connectivity index (χ2v) is 6.63. The SMILES string of the molecule is CCS(=O)(=O)N1CCC(NC(=O)[C@H](C)N)CC1. The quantitative estimate of drug-likeness (QED) is 0.699. The van der Waals surface area contributed by atoms with Crippen LogP contribution in [0.1, 0.15) is 26.7 Å². The van der Waals surface area contributed by atoms with Crippen LogP contribution in [-0.2, 0) is 14.8 Å². The zero-order valence-electron chi connectivity index (χ0n) is 10.3. The van der Waals surface area contributed by atoms with Gasteiger partial charge >= 0.3 is 0 Å². The third-order valence-corrected chi connectivity index (χ3v) is 4.85. The van der Waals surface area contributed by atoms with Gasteiger partial charge in [0.25, 0.3) is 0 Å². The molecule has 0 radical (unpaired) electrons. The average Bonchev–Trinajstić information content (AvgIpc) is 2.29. The molecule has 100 valence electrons. The highest BCUT2D eigenvalue weighted by atomic mass is 32.2. The molecule has 1 aliphatic heterocycles. The fourth-order valence-corrected chi connectivity index (χ4v) is 2.93. The van der Waals surface area contributed by atoms with Gasteiger partial charge in [0.1, 0.15) is 0 Å². The minimum Gasteiger partial charge on any atom is -0.352 e. The number of nitrogens with one attached hydrogen (secondary N) is 1. The van der Waals surface area contributed by atoms with Crippen molar-refractivity contribution in [2.24, 2.45) is 5.73 Å². The molecule has 1 amide bonds. The fraction of sp³-hybridized carbons (Fsp3) is 0.900. The lowest BCUT2D eigenvalue weighted by Gasteiger charge is -2.31. The van der Waals surface area contributed by atoms with Crippen LogP contribution in [0, 0.1) is 0 Å². The van der Waals surface area contributed by atoms with Crippen molar-refractivity contribution in [2.45, 2.75) is 38.8 Å². The minimum absolute atomic E-state index is 0.0387. The van der Waals surface area contributed by atoms with Crippen molar-refractivity contribution in [1.29, 1.82) is 0 Å². The predicted octanol–water partition coefficient (Wildman–Crippen LogP) is -0.736. The molecule has 1 heterocycles. The number of piperidine rings is 1. The minimum atomic E-state index is -3.09. The summed E-state index contributed by atoms with van der Waals surface area (Å²) in [7, 11) is -3.09. The van der Waals surface area contributed by atoms with Gasteiger partial charge in [0.05, 0.1) is 11.8 Å². The van der Waals surface area contributed by atoms with E-state index in [1.54, 1.807) is 13.8 Å². The molecule has 3 N–H and O–H groups in total. The zero-order chi connectivity index (χ0) is 13.1. The maximum Gasteiger partial charge on any atom is 0.236 e. The number of hydrogen-bond acceptors (Lipinski definition) is 4. The molecule has 0 spiro atoms. The number of sulfonamides is 1. The summed E-state index contributed by atoms with van der Waals surface area (Å²) in [6.45, 7) is 4.21. The normalized spacial score (nSPS) is 21.1.